The van der Waals surface area contributed by atoms with Gasteiger partial charge in [-0.3, -0.25) is 4.55 Å². The Hall–Kier alpha value is -2.66. The Kier molecular flexibility index (Phi) is 5.13. The van der Waals surface area contributed by atoms with Crippen LogP contribution < -0.4 is 10.1 Å². The first-order valence-corrected chi connectivity index (χ1v) is 8.14. The van der Waals surface area contributed by atoms with Gasteiger partial charge < -0.3 is 19.5 Å². The van der Waals surface area contributed by atoms with Crippen LogP contribution >= 0.6 is 0 Å². The van der Waals surface area contributed by atoms with E-state index in [1.54, 1.807) is 19.5 Å². The summed E-state index contributed by atoms with van der Waals surface area (Å²) in [4.78, 5) is 15.2. The van der Waals surface area contributed by atoms with Crippen LogP contribution in [0, 0.1) is 0 Å². The number of methoxy groups -OCH3 is 1. The van der Waals surface area contributed by atoms with Gasteiger partial charge in [-0.05, 0) is 6.07 Å². The lowest BCUT2D eigenvalue weighted by Crippen LogP contribution is -2.01. The first-order valence-electron chi connectivity index (χ1n) is 6.30. The number of hydrogen-bond donors (Lipinski definition) is 3. The number of nitrogens with one attached hydrogen (secondary N) is 2. The molecule has 0 radical (unpaired) electrons. The molecule has 3 heterocycles. The zero-order chi connectivity index (χ0) is 16.9. The van der Waals surface area contributed by atoms with E-state index in [2.05, 4.69) is 25.3 Å². The van der Waals surface area contributed by atoms with E-state index in [-0.39, 0.29) is 0 Å². The van der Waals surface area contributed by atoms with Crippen LogP contribution in [-0.2, 0) is 16.7 Å². The second kappa shape index (κ2) is 7.07. The first-order chi connectivity index (χ1) is 10.9. The Morgan fingerprint density at radius 3 is 2.74 bits per heavy atom. The van der Waals surface area contributed by atoms with Crippen molar-refractivity contribution in [3.05, 3.63) is 30.5 Å². The highest BCUT2D eigenvalue weighted by atomic mass is 32.2. The fourth-order valence-corrected chi connectivity index (χ4v) is 1.63. The van der Waals surface area contributed by atoms with Gasteiger partial charge >= 0.3 is 0 Å². The normalized spacial score (nSPS) is 10.9. The van der Waals surface area contributed by atoms with Crippen LogP contribution in [0.15, 0.2) is 29.2 Å². The number of aromatic amines is 1. The second-order valence-electron chi connectivity index (χ2n) is 4.33. The third kappa shape index (κ3) is 5.23. The van der Waals surface area contributed by atoms with E-state index in [4.69, 9.17) is 13.7 Å². The zero-order valence-electron chi connectivity index (χ0n) is 12.3. The fraction of sp³-hybridized carbons (Fsp3) is 0.250. The van der Waals surface area contributed by atoms with Crippen molar-refractivity contribution >= 4 is 27.1 Å². The average molecular weight is 341 g/mol. The summed E-state index contributed by atoms with van der Waals surface area (Å²) >= 11 is 0. The predicted octanol–water partition coefficient (Wildman–Crippen LogP) is 1.07. The highest BCUT2D eigenvalue weighted by Crippen LogP contribution is 2.18. The van der Waals surface area contributed by atoms with Gasteiger partial charge in [0.25, 0.3) is 16.1 Å². The van der Waals surface area contributed by atoms with Crippen molar-refractivity contribution in [3.8, 4) is 5.95 Å². The van der Waals surface area contributed by atoms with Crippen LogP contribution in [0.4, 0.5) is 5.82 Å². The third-order valence-electron chi connectivity index (χ3n) is 2.49. The van der Waals surface area contributed by atoms with E-state index in [1.165, 1.54) is 6.33 Å². The number of furan rings is 1. The van der Waals surface area contributed by atoms with Gasteiger partial charge in [0.1, 0.15) is 17.6 Å². The number of imidazole rings is 1. The van der Waals surface area contributed by atoms with E-state index in [0.717, 1.165) is 11.3 Å². The molecule has 0 unspecified atom stereocenters. The summed E-state index contributed by atoms with van der Waals surface area (Å²) in [6.07, 6.45) is 3.77. The lowest BCUT2D eigenvalue weighted by atomic mass is 10.4. The van der Waals surface area contributed by atoms with Gasteiger partial charge in [-0.1, -0.05) is 0 Å². The number of rotatable bonds is 4. The summed E-state index contributed by atoms with van der Waals surface area (Å²) < 4.78 is 36.2. The molecule has 23 heavy (non-hydrogen) atoms. The van der Waals surface area contributed by atoms with Gasteiger partial charge in [0.05, 0.1) is 26.2 Å². The number of anilines is 1. The molecule has 3 aromatic rings. The van der Waals surface area contributed by atoms with Crippen molar-refractivity contribution in [1.29, 1.82) is 0 Å². The number of fused-ring (bicyclic) bond motifs is 1. The van der Waals surface area contributed by atoms with Gasteiger partial charge in [-0.25, -0.2) is 15.0 Å². The molecule has 3 rings (SSSR count). The molecule has 0 aliphatic heterocycles. The molecule has 0 aromatic carbocycles. The highest BCUT2D eigenvalue weighted by molar-refractivity contribution is 7.85. The van der Waals surface area contributed by atoms with Gasteiger partial charge in [0.2, 0.25) is 0 Å². The second-order valence-corrected chi connectivity index (χ2v) is 5.80. The maximum atomic E-state index is 9.19. The molecule has 3 aromatic heterocycles. The van der Waals surface area contributed by atoms with Crippen LogP contribution in [-0.4, -0.2) is 46.3 Å². The number of nitrogens with zero attached hydrogens (tertiary/aromatic N) is 3. The molecule has 0 bridgehead atoms. The molecule has 0 saturated carbocycles. The van der Waals surface area contributed by atoms with E-state index >= 15 is 0 Å². The topological polar surface area (TPSA) is 143 Å². The van der Waals surface area contributed by atoms with Crippen LogP contribution in [0.1, 0.15) is 5.76 Å². The standard InChI is InChI=1S/C11H11N5O2.CH4O3S/c1-17-8-3-2-7(18-8)4-12-10-9-11(14-5-13-9)16-6-15-10;1-5(2,3)4/h2-3,5-6H,4H2,1H3,(H2,12,13,14,15,16);1H3,(H,2,3,4). The van der Waals surface area contributed by atoms with Crippen molar-refractivity contribution < 1.29 is 22.1 Å². The van der Waals surface area contributed by atoms with E-state index in [1.807, 2.05) is 6.07 Å². The smallest absolute Gasteiger partial charge is 0.284 e. The molecule has 10 nitrogen and oxygen atoms in total. The summed E-state index contributed by atoms with van der Waals surface area (Å²) in [5.74, 6) is 1.94. The van der Waals surface area contributed by atoms with E-state index < -0.39 is 10.1 Å². The maximum Gasteiger partial charge on any atom is 0.284 e. The molecule has 0 aliphatic rings. The molecule has 0 aliphatic carbocycles. The summed E-state index contributed by atoms with van der Waals surface area (Å²) in [7, 11) is -2.10. The largest absolute Gasteiger partial charge is 0.468 e. The van der Waals surface area contributed by atoms with E-state index in [9.17, 15) is 8.42 Å². The lowest BCUT2D eigenvalue weighted by molar-refractivity contribution is 0.295. The third-order valence-corrected chi connectivity index (χ3v) is 2.49. The summed E-state index contributed by atoms with van der Waals surface area (Å²) in [5.41, 5.74) is 1.40. The Balaban J connectivity index is 0.000000338. The van der Waals surface area contributed by atoms with Crippen LogP contribution in [0.25, 0.3) is 11.2 Å². The molecule has 3 N–H and O–H groups in total. The van der Waals surface area contributed by atoms with Crippen molar-refractivity contribution in [2.24, 2.45) is 0 Å². The minimum atomic E-state index is -3.67. The van der Waals surface area contributed by atoms with Crippen LogP contribution in [0.5, 0.6) is 5.95 Å². The number of H-pyrrole nitrogens is 1. The summed E-state index contributed by atoms with van der Waals surface area (Å²) in [6.45, 7) is 0.508. The molecular formula is C12H15N5O5S. The minimum Gasteiger partial charge on any atom is -0.468 e. The zero-order valence-corrected chi connectivity index (χ0v) is 13.2. The van der Waals surface area contributed by atoms with Gasteiger partial charge in [-0.15, -0.1) is 0 Å². The first kappa shape index (κ1) is 16.7. The van der Waals surface area contributed by atoms with Crippen molar-refractivity contribution in [3.63, 3.8) is 0 Å². The Morgan fingerprint density at radius 2 is 2.09 bits per heavy atom. The lowest BCUT2D eigenvalue weighted by Gasteiger charge is -2.03. The van der Waals surface area contributed by atoms with Crippen LogP contribution in [0.3, 0.4) is 0 Å². The molecule has 0 fully saturated rings. The Labute approximate surface area is 131 Å². The quantitative estimate of drug-likeness (QED) is 0.593. The highest BCUT2D eigenvalue weighted by Gasteiger charge is 2.06. The monoisotopic (exact) mass is 341 g/mol. The molecule has 11 heteroatoms. The van der Waals surface area contributed by atoms with Crippen molar-refractivity contribution in [1.82, 2.24) is 19.9 Å². The van der Waals surface area contributed by atoms with Crippen molar-refractivity contribution in [2.45, 2.75) is 6.54 Å². The number of aromatic nitrogens is 4. The Morgan fingerprint density at radius 1 is 1.35 bits per heavy atom. The summed E-state index contributed by atoms with van der Waals surface area (Å²) in [6, 6.07) is 3.61. The minimum absolute atomic E-state index is 0.487. The molecule has 0 atom stereocenters. The number of ether oxygens (including phenoxy) is 1. The molecule has 124 valence electrons. The molecule has 0 amide bonds. The average Bonchev–Trinajstić information content (AvgIpc) is 3.12. The molecule has 0 spiro atoms. The summed E-state index contributed by atoms with van der Waals surface area (Å²) in [5, 5.41) is 3.16. The van der Waals surface area contributed by atoms with E-state index in [0.29, 0.717) is 30.2 Å². The van der Waals surface area contributed by atoms with Crippen LogP contribution in [0.2, 0.25) is 0 Å². The van der Waals surface area contributed by atoms with Gasteiger partial charge in [-0.2, -0.15) is 8.42 Å². The SMILES string of the molecule is COc1ccc(CNc2ncnc3nc[nH]c23)o1.CS(=O)(=O)O. The predicted molar refractivity (Wildman–Crippen MR) is 81.7 cm³/mol. The van der Waals surface area contributed by atoms with Crippen molar-refractivity contribution in [2.75, 3.05) is 18.7 Å². The molecular weight excluding hydrogens is 326 g/mol. The van der Waals surface area contributed by atoms with Gasteiger partial charge in [0.15, 0.2) is 11.5 Å². The van der Waals surface area contributed by atoms with Gasteiger partial charge in [0, 0.05) is 6.07 Å². The fourth-order valence-electron chi connectivity index (χ4n) is 1.63. The number of hydrogen-bond acceptors (Lipinski definition) is 8. The maximum absolute atomic E-state index is 9.19. The Bertz CT molecular complexity index is 865. The molecule has 0 saturated heterocycles.